The highest BCUT2D eigenvalue weighted by Gasteiger charge is 2.18. The van der Waals surface area contributed by atoms with Gasteiger partial charge in [0.2, 0.25) is 5.91 Å². The molecule has 0 aliphatic carbocycles. The largest absolute Gasteiger partial charge is 0.465 e. The first-order valence-electron chi connectivity index (χ1n) is 8.52. The lowest BCUT2D eigenvalue weighted by molar-refractivity contribution is -0.128. The maximum absolute atomic E-state index is 12.1. The van der Waals surface area contributed by atoms with Gasteiger partial charge in [-0.25, -0.2) is 9.79 Å². The highest BCUT2D eigenvalue weighted by Crippen LogP contribution is 2.15. The fraction of sp³-hybridized carbons (Fsp3) is 0.588. The van der Waals surface area contributed by atoms with Crippen LogP contribution in [0, 0.1) is 6.92 Å². The van der Waals surface area contributed by atoms with E-state index in [1.54, 1.807) is 13.0 Å². The SMILES string of the molecule is CCNC(=NCC(=O)N1CCCC1)NCc1cc(C(=O)OC)c(C)o1.I. The first-order chi connectivity index (χ1) is 12.0. The average molecular weight is 478 g/mol. The molecule has 1 fully saturated rings. The van der Waals surface area contributed by atoms with Crippen molar-refractivity contribution in [1.82, 2.24) is 15.5 Å². The second kappa shape index (κ2) is 11.0. The number of furan rings is 1. The summed E-state index contributed by atoms with van der Waals surface area (Å²) in [5, 5.41) is 6.19. The number of amides is 1. The summed E-state index contributed by atoms with van der Waals surface area (Å²) in [5.74, 6) is 1.24. The number of aryl methyl sites for hydroxylation is 1. The maximum Gasteiger partial charge on any atom is 0.341 e. The summed E-state index contributed by atoms with van der Waals surface area (Å²) in [6, 6.07) is 1.65. The Balaban J connectivity index is 0.00000338. The van der Waals surface area contributed by atoms with E-state index in [0.717, 1.165) is 25.9 Å². The molecule has 0 bridgehead atoms. The van der Waals surface area contributed by atoms with E-state index in [1.165, 1.54) is 7.11 Å². The van der Waals surface area contributed by atoms with Crippen LogP contribution >= 0.6 is 24.0 Å². The van der Waals surface area contributed by atoms with Crippen molar-refractivity contribution >= 4 is 41.8 Å². The number of hydrogen-bond donors (Lipinski definition) is 2. The third-order valence-corrected chi connectivity index (χ3v) is 3.98. The fourth-order valence-electron chi connectivity index (χ4n) is 2.67. The lowest BCUT2D eigenvalue weighted by Gasteiger charge is -2.14. The highest BCUT2D eigenvalue weighted by atomic mass is 127. The number of carbonyl (C=O) groups excluding carboxylic acids is 2. The molecule has 0 radical (unpaired) electrons. The number of nitrogens with zero attached hydrogens (tertiary/aromatic N) is 2. The summed E-state index contributed by atoms with van der Waals surface area (Å²) >= 11 is 0. The Labute approximate surface area is 170 Å². The van der Waals surface area contributed by atoms with Crippen LogP contribution in [0.5, 0.6) is 0 Å². The van der Waals surface area contributed by atoms with Gasteiger partial charge in [0.25, 0.3) is 0 Å². The van der Waals surface area contributed by atoms with Crippen molar-refractivity contribution in [3.8, 4) is 0 Å². The van der Waals surface area contributed by atoms with Crippen molar-refractivity contribution in [2.24, 2.45) is 4.99 Å². The molecule has 1 aromatic heterocycles. The van der Waals surface area contributed by atoms with E-state index in [1.807, 2.05) is 11.8 Å². The molecule has 0 aromatic carbocycles. The Kier molecular flexibility index (Phi) is 9.46. The number of carbonyl (C=O) groups is 2. The number of rotatable bonds is 6. The lowest BCUT2D eigenvalue weighted by Crippen LogP contribution is -2.38. The van der Waals surface area contributed by atoms with E-state index in [4.69, 9.17) is 9.15 Å². The van der Waals surface area contributed by atoms with E-state index in [2.05, 4.69) is 15.6 Å². The van der Waals surface area contributed by atoms with Crippen LogP contribution in [0.15, 0.2) is 15.5 Å². The Hall–Kier alpha value is -1.78. The van der Waals surface area contributed by atoms with Crippen LogP contribution in [0.1, 0.15) is 41.6 Å². The van der Waals surface area contributed by atoms with Crippen LogP contribution in [0.4, 0.5) is 0 Å². The number of aliphatic imine (C=N–C) groups is 1. The molecule has 0 unspecified atom stereocenters. The van der Waals surface area contributed by atoms with Crippen LogP contribution in [0.2, 0.25) is 0 Å². The highest BCUT2D eigenvalue weighted by molar-refractivity contribution is 14.0. The van der Waals surface area contributed by atoms with Gasteiger partial charge >= 0.3 is 5.97 Å². The monoisotopic (exact) mass is 478 g/mol. The van der Waals surface area contributed by atoms with Crippen LogP contribution < -0.4 is 10.6 Å². The second-order valence-electron chi connectivity index (χ2n) is 5.81. The van der Waals surface area contributed by atoms with Gasteiger partial charge in [0.15, 0.2) is 5.96 Å². The Bertz CT molecular complexity index is 639. The van der Waals surface area contributed by atoms with Gasteiger partial charge in [-0.2, -0.15) is 0 Å². The number of methoxy groups -OCH3 is 1. The maximum atomic E-state index is 12.1. The Morgan fingerprint density at radius 2 is 2.00 bits per heavy atom. The number of ether oxygens (including phenoxy) is 1. The van der Waals surface area contributed by atoms with Crippen molar-refractivity contribution in [2.75, 3.05) is 33.3 Å². The molecule has 1 aliphatic rings. The van der Waals surface area contributed by atoms with Crippen LogP contribution in [-0.4, -0.2) is 56.0 Å². The van der Waals surface area contributed by atoms with E-state index < -0.39 is 5.97 Å². The number of esters is 1. The van der Waals surface area contributed by atoms with Crippen LogP contribution in [0.3, 0.4) is 0 Å². The van der Waals surface area contributed by atoms with Crippen molar-refractivity contribution in [3.05, 3.63) is 23.2 Å². The van der Waals surface area contributed by atoms with E-state index in [9.17, 15) is 9.59 Å². The van der Waals surface area contributed by atoms with Crippen molar-refractivity contribution in [1.29, 1.82) is 0 Å². The molecule has 1 amide bonds. The van der Waals surface area contributed by atoms with Gasteiger partial charge in [-0.3, -0.25) is 4.79 Å². The molecule has 0 spiro atoms. The average Bonchev–Trinajstić information content (AvgIpc) is 3.26. The number of likely N-dealkylation sites (tertiary alicyclic amines) is 1. The summed E-state index contributed by atoms with van der Waals surface area (Å²) in [5.41, 5.74) is 0.408. The molecule has 146 valence electrons. The van der Waals surface area contributed by atoms with Crippen molar-refractivity contribution < 1.29 is 18.7 Å². The molecule has 2 rings (SSSR count). The quantitative estimate of drug-likeness (QED) is 0.280. The predicted octanol–water partition coefficient (Wildman–Crippen LogP) is 1.67. The first kappa shape index (κ1) is 22.3. The summed E-state index contributed by atoms with van der Waals surface area (Å²) in [7, 11) is 1.33. The van der Waals surface area contributed by atoms with Gasteiger partial charge in [0.05, 0.1) is 13.7 Å². The molecule has 1 saturated heterocycles. The topological polar surface area (TPSA) is 96.2 Å². The molecular weight excluding hydrogens is 451 g/mol. The smallest absolute Gasteiger partial charge is 0.341 e. The first-order valence-corrected chi connectivity index (χ1v) is 8.52. The van der Waals surface area contributed by atoms with Gasteiger partial charge in [0, 0.05) is 19.6 Å². The van der Waals surface area contributed by atoms with E-state index in [0.29, 0.717) is 36.1 Å². The van der Waals surface area contributed by atoms with Gasteiger partial charge < -0.3 is 24.7 Å². The Morgan fingerprint density at radius 3 is 2.62 bits per heavy atom. The zero-order valence-corrected chi connectivity index (χ0v) is 17.8. The molecule has 9 heteroatoms. The van der Waals surface area contributed by atoms with Gasteiger partial charge in [-0.15, -0.1) is 24.0 Å². The summed E-state index contributed by atoms with van der Waals surface area (Å²) in [4.78, 5) is 29.9. The summed E-state index contributed by atoms with van der Waals surface area (Å²) < 4.78 is 10.3. The Morgan fingerprint density at radius 1 is 1.31 bits per heavy atom. The summed E-state index contributed by atoms with van der Waals surface area (Å²) in [6.07, 6.45) is 2.13. The van der Waals surface area contributed by atoms with Crippen LogP contribution in [0.25, 0.3) is 0 Å². The molecule has 26 heavy (non-hydrogen) atoms. The van der Waals surface area contributed by atoms with Gasteiger partial charge in [-0.1, -0.05) is 0 Å². The molecule has 1 aliphatic heterocycles. The lowest BCUT2D eigenvalue weighted by atomic mass is 10.2. The second-order valence-corrected chi connectivity index (χ2v) is 5.81. The fourth-order valence-corrected chi connectivity index (χ4v) is 2.67. The zero-order valence-electron chi connectivity index (χ0n) is 15.5. The molecular formula is C17H27IN4O4. The van der Waals surface area contributed by atoms with E-state index in [-0.39, 0.29) is 36.4 Å². The van der Waals surface area contributed by atoms with Crippen molar-refractivity contribution in [3.63, 3.8) is 0 Å². The number of nitrogens with one attached hydrogen (secondary N) is 2. The standard InChI is InChI=1S/C17H26N4O4.HI/c1-4-18-17(20-11-15(22)21-7-5-6-8-21)19-10-13-9-14(12(2)25-13)16(23)24-3;/h9H,4-8,10-11H2,1-3H3,(H2,18,19,20);1H. The molecule has 8 nitrogen and oxygen atoms in total. The number of halogens is 1. The van der Waals surface area contributed by atoms with E-state index >= 15 is 0 Å². The normalized spacial score (nSPS) is 14.0. The minimum Gasteiger partial charge on any atom is -0.465 e. The zero-order chi connectivity index (χ0) is 18.2. The third kappa shape index (κ3) is 6.19. The van der Waals surface area contributed by atoms with Crippen LogP contribution in [-0.2, 0) is 16.1 Å². The molecule has 1 aromatic rings. The third-order valence-electron chi connectivity index (χ3n) is 3.98. The molecule has 0 atom stereocenters. The van der Waals surface area contributed by atoms with Crippen molar-refractivity contribution in [2.45, 2.75) is 33.2 Å². The minimum absolute atomic E-state index is 0. The molecule has 2 heterocycles. The van der Waals surface area contributed by atoms with Gasteiger partial charge in [-0.05, 0) is 32.8 Å². The number of guanidine groups is 1. The predicted molar refractivity (Wildman–Crippen MR) is 109 cm³/mol. The summed E-state index contributed by atoms with van der Waals surface area (Å²) in [6.45, 7) is 6.44. The van der Waals surface area contributed by atoms with Gasteiger partial charge in [0.1, 0.15) is 23.6 Å². The minimum atomic E-state index is -0.427. The molecule has 2 N–H and O–H groups in total. The number of hydrogen-bond acceptors (Lipinski definition) is 5. The molecule has 0 saturated carbocycles.